The van der Waals surface area contributed by atoms with Crippen LogP contribution < -0.4 is 9.62 Å². The Morgan fingerprint density at radius 3 is 2.23 bits per heavy atom. The number of hydrogen-bond donors (Lipinski definition) is 1. The van der Waals surface area contributed by atoms with Crippen LogP contribution in [0.4, 0.5) is 5.69 Å². The van der Waals surface area contributed by atoms with Crippen molar-refractivity contribution in [2.45, 2.75) is 51.1 Å². The summed E-state index contributed by atoms with van der Waals surface area (Å²) in [6.45, 7) is 5.50. The molecule has 1 unspecified atom stereocenters. The molecule has 0 bridgehead atoms. The van der Waals surface area contributed by atoms with Crippen molar-refractivity contribution in [3.63, 3.8) is 0 Å². The molecular weight excluding hydrogens is 593 g/mol. The molecule has 1 N–H and O–H groups in total. The van der Waals surface area contributed by atoms with Gasteiger partial charge in [0.05, 0.1) is 20.6 Å². The number of aryl methyl sites for hydroxylation is 1. The fraction of sp³-hybridized carbons (Fsp3) is 0.310. The van der Waals surface area contributed by atoms with Crippen LogP contribution in [0, 0.1) is 6.92 Å². The molecule has 2 amide bonds. The number of sulfonamides is 1. The molecular formula is C29H32Cl3N3O4S. The van der Waals surface area contributed by atoms with Crippen molar-refractivity contribution in [1.29, 1.82) is 0 Å². The highest BCUT2D eigenvalue weighted by Crippen LogP contribution is 2.27. The van der Waals surface area contributed by atoms with Crippen LogP contribution >= 0.6 is 34.8 Å². The molecule has 3 rings (SSSR count). The molecule has 0 radical (unpaired) electrons. The Morgan fingerprint density at radius 1 is 0.925 bits per heavy atom. The number of nitrogens with zero attached hydrogens (tertiary/aromatic N) is 2. The van der Waals surface area contributed by atoms with Crippen LogP contribution in [0.2, 0.25) is 15.1 Å². The van der Waals surface area contributed by atoms with Gasteiger partial charge in [-0.3, -0.25) is 13.9 Å². The molecule has 0 aliphatic rings. The summed E-state index contributed by atoms with van der Waals surface area (Å²) in [5.74, 6) is -0.871. The summed E-state index contributed by atoms with van der Waals surface area (Å²) in [6, 6.07) is 16.7. The number of halogens is 3. The third-order valence-corrected chi connectivity index (χ3v) is 9.02. The van der Waals surface area contributed by atoms with Crippen LogP contribution in [0.3, 0.4) is 0 Å². The average Bonchev–Trinajstić information content (AvgIpc) is 2.92. The highest BCUT2D eigenvalue weighted by Gasteiger charge is 2.33. The molecule has 3 aromatic rings. The van der Waals surface area contributed by atoms with Crippen LogP contribution in [-0.2, 0) is 26.2 Å². The second kappa shape index (κ2) is 14.2. The van der Waals surface area contributed by atoms with E-state index in [9.17, 15) is 18.0 Å². The molecule has 3 aromatic carbocycles. The van der Waals surface area contributed by atoms with E-state index in [1.807, 2.05) is 19.9 Å². The van der Waals surface area contributed by atoms with E-state index in [4.69, 9.17) is 34.8 Å². The molecule has 0 fully saturated rings. The van der Waals surface area contributed by atoms with Crippen LogP contribution in [0.15, 0.2) is 71.6 Å². The smallest absolute Gasteiger partial charge is 0.264 e. The average molecular weight is 625 g/mol. The lowest BCUT2D eigenvalue weighted by Crippen LogP contribution is -2.52. The first kappa shape index (κ1) is 31.7. The SMILES string of the molecule is CCCNC(=O)C(CC)N(Cc1ccc(Cl)c(Cl)c1)C(=O)CN(c1cccc(C)c1)S(=O)(=O)c1ccc(Cl)cc1. The second-order valence-corrected chi connectivity index (χ2v) is 12.4. The van der Waals surface area contributed by atoms with Gasteiger partial charge in [0.15, 0.2) is 0 Å². The monoisotopic (exact) mass is 623 g/mol. The van der Waals surface area contributed by atoms with Crippen molar-refractivity contribution in [3.05, 3.63) is 92.9 Å². The van der Waals surface area contributed by atoms with Crippen LogP contribution in [0.1, 0.15) is 37.8 Å². The molecule has 0 aromatic heterocycles. The van der Waals surface area contributed by atoms with E-state index >= 15 is 0 Å². The van der Waals surface area contributed by atoms with Gasteiger partial charge in [0.2, 0.25) is 11.8 Å². The Morgan fingerprint density at radius 2 is 1.62 bits per heavy atom. The molecule has 214 valence electrons. The maximum atomic E-state index is 14.0. The van der Waals surface area contributed by atoms with Crippen LogP contribution in [-0.4, -0.2) is 44.3 Å². The Balaban J connectivity index is 2.06. The van der Waals surface area contributed by atoms with Gasteiger partial charge in [-0.05, 0) is 79.4 Å². The number of rotatable bonds is 12. The predicted octanol–water partition coefficient (Wildman–Crippen LogP) is 6.48. The summed E-state index contributed by atoms with van der Waals surface area (Å²) >= 11 is 18.3. The van der Waals surface area contributed by atoms with Gasteiger partial charge in [0.25, 0.3) is 10.0 Å². The van der Waals surface area contributed by atoms with Gasteiger partial charge in [-0.1, -0.05) is 66.8 Å². The van der Waals surface area contributed by atoms with Crippen LogP contribution in [0.25, 0.3) is 0 Å². The number of carbonyl (C=O) groups is 2. The zero-order valence-electron chi connectivity index (χ0n) is 22.5. The largest absolute Gasteiger partial charge is 0.354 e. The van der Waals surface area contributed by atoms with Gasteiger partial charge < -0.3 is 10.2 Å². The van der Waals surface area contributed by atoms with E-state index in [-0.39, 0.29) is 17.3 Å². The van der Waals surface area contributed by atoms with Crippen LogP contribution in [0.5, 0.6) is 0 Å². The Hall–Kier alpha value is -2.78. The van der Waals surface area contributed by atoms with Gasteiger partial charge in [-0.15, -0.1) is 0 Å². The molecule has 7 nitrogen and oxygen atoms in total. The Kier molecular flexibility index (Phi) is 11.3. The third kappa shape index (κ3) is 7.91. The van der Waals surface area contributed by atoms with Crippen molar-refractivity contribution in [3.8, 4) is 0 Å². The van der Waals surface area contributed by atoms with Gasteiger partial charge in [0, 0.05) is 18.1 Å². The summed E-state index contributed by atoms with van der Waals surface area (Å²) in [6.07, 6.45) is 1.04. The van der Waals surface area contributed by atoms with Crippen molar-refractivity contribution in [2.75, 3.05) is 17.4 Å². The number of benzene rings is 3. The predicted molar refractivity (Wildman–Crippen MR) is 162 cm³/mol. The fourth-order valence-corrected chi connectivity index (χ4v) is 6.02. The molecule has 11 heteroatoms. The maximum absolute atomic E-state index is 14.0. The Labute approximate surface area is 251 Å². The number of hydrogen-bond acceptors (Lipinski definition) is 4. The van der Waals surface area contributed by atoms with Gasteiger partial charge >= 0.3 is 0 Å². The zero-order valence-corrected chi connectivity index (χ0v) is 25.6. The first-order chi connectivity index (χ1) is 19.0. The number of amides is 2. The molecule has 0 aliphatic heterocycles. The summed E-state index contributed by atoms with van der Waals surface area (Å²) in [5, 5.41) is 3.90. The maximum Gasteiger partial charge on any atom is 0.264 e. The minimum atomic E-state index is -4.18. The minimum absolute atomic E-state index is 0.0185. The molecule has 0 heterocycles. The van der Waals surface area contributed by atoms with Crippen molar-refractivity contribution in [1.82, 2.24) is 10.2 Å². The topological polar surface area (TPSA) is 86.8 Å². The van der Waals surface area contributed by atoms with Gasteiger partial charge in [0.1, 0.15) is 12.6 Å². The van der Waals surface area contributed by atoms with E-state index < -0.39 is 28.5 Å². The lowest BCUT2D eigenvalue weighted by atomic mass is 10.1. The lowest BCUT2D eigenvalue weighted by Gasteiger charge is -2.33. The third-order valence-electron chi connectivity index (χ3n) is 6.24. The highest BCUT2D eigenvalue weighted by molar-refractivity contribution is 7.92. The van der Waals surface area contributed by atoms with Crippen molar-refractivity contribution >= 4 is 62.3 Å². The molecule has 1 atom stereocenters. The first-order valence-electron chi connectivity index (χ1n) is 12.8. The lowest BCUT2D eigenvalue weighted by molar-refractivity contribution is -0.140. The molecule has 0 aliphatic carbocycles. The van der Waals surface area contributed by atoms with E-state index in [2.05, 4.69) is 5.32 Å². The van der Waals surface area contributed by atoms with E-state index in [0.29, 0.717) is 39.3 Å². The highest BCUT2D eigenvalue weighted by atomic mass is 35.5. The second-order valence-electron chi connectivity index (χ2n) is 9.29. The molecule has 0 saturated heterocycles. The number of anilines is 1. The van der Waals surface area contributed by atoms with E-state index in [1.54, 1.807) is 43.3 Å². The molecule has 0 spiro atoms. The van der Waals surface area contributed by atoms with Gasteiger partial charge in [-0.2, -0.15) is 0 Å². The number of nitrogens with one attached hydrogen (secondary N) is 1. The number of carbonyl (C=O) groups excluding carboxylic acids is 2. The summed E-state index contributed by atoms with van der Waals surface area (Å²) in [7, 11) is -4.18. The summed E-state index contributed by atoms with van der Waals surface area (Å²) in [5.41, 5.74) is 1.78. The summed E-state index contributed by atoms with van der Waals surface area (Å²) < 4.78 is 28.8. The minimum Gasteiger partial charge on any atom is -0.354 e. The molecule has 0 saturated carbocycles. The zero-order chi connectivity index (χ0) is 29.4. The standard InChI is InChI=1S/C29H32Cl3N3O4S/c1-4-15-33-29(37)27(5-2)34(18-21-9-14-25(31)26(32)17-21)28(36)19-35(23-8-6-7-20(3)16-23)40(38,39)24-12-10-22(30)11-13-24/h6-14,16-17,27H,4-5,15,18-19H2,1-3H3,(H,33,37). The Bertz CT molecular complexity index is 1450. The van der Waals surface area contributed by atoms with Gasteiger partial charge in [-0.25, -0.2) is 8.42 Å². The van der Waals surface area contributed by atoms with E-state index in [0.717, 1.165) is 16.3 Å². The fourth-order valence-electron chi connectivity index (χ4n) is 4.17. The van der Waals surface area contributed by atoms with Crippen molar-refractivity contribution < 1.29 is 18.0 Å². The normalized spacial score (nSPS) is 12.1. The van der Waals surface area contributed by atoms with E-state index in [1.165, 1.54) is 29.2 Å². The first-order valence-corrected chi connectivity index (χ1v) is 15.4. The summed E-state index contributed by atoms with van der Waals surface area (Å²) in [4.78, 5) is 28.6. The quantitative estimate of drug-likeness (QED) is 0.250. The van der Waals surface area contributed by atoms with Crippen molar-refractivity contribution in [2.24, 2.45) is 0 Å². The molecule has 40 heavy (non-hydrogen) atoms.